The zero-order valence-corrected chi connectivity index (χ0v) is 14.7. The number of hydrogen-bond acceptors (Lipinski definition) is 5. The quantitative estimate of drug-likeness (QED) is 0.661. The minimum atomic E-state index is -0.312. The van der Waals surface area contributed by atoms with E-state index in [4.69, 9.17) is 14.9 Å². The van der Waals surface area contributed by atoms with Crippen molar-refractivity contribution in [2.75, 3.05) is 19.0 Å². The fraction of sp³-hybridized carbons (Fsp3) is 0.294. The van der Waals surface area contributed by atoms with Gasteiger partial charge >= 0.3 is 0 Å². The molecule has 4 N–H and O–H groups in total. The Balaban J connectivity index is 0.00000312. The maximum atomic E-state index is 11.9. The third kappa shape index (κ3) is 6.58. The molecule has 0 saturated heterocycles. The number of nitrogens with one attached hydrogen (secondary N) is 2. The minimum absolute atomic E-state index is 0. The molecule has 0 aliphatic carbocycles. The second kappa shape index (κ2) is 10.5. The molecule has 2 rings (SSSR count). The summed E-state index contributed by atoms with van der Waals surface area (Å²) in [6, 6.07) is 10.4. The summed E-state index contributed by atoms with van der Waals surface area (Å²) in [4.78, 5) is 23.6. The van der Waals surface area contributed by atoms with E-state index in [2.05, 4.69) is 10.6 Å². The van der Waals surface area contributed by atoms with Gasteiger partial charge in [0.05, 0.1) is 18.8 Å². The number of furan rings is 1. The summed E-state index contributed by atoms with van der Waals surface area (Å²) < 4.78 is 10.1. The van der Waals surface area contributed by atoms with E-state index in [0.717, 1.165) is 5.56 Å². The normalized spacial score (nSPS) is 11.3. The number of ether oxygens (including phenoxy) is 1. The van der Waals surface area contributed by atoms with Crippen LogP contribution in [0, 0.1) is 0 Å². The van der Waals surface area contributed by atoms with Gasteiger partial charge in [0.25, 0.3) is 5.91 Å². The van der Waals surface area contributed by atoms with E-state index in [9.17, 15) is 9.59 Å². The van der Waals surface area contributed by atoms with E-state index in [1.807, 2.05) is 12.1 Å². The van der Waals surface area contributed by atoms with Gasteiger partial charge < -0.3 is 25.5 Å². The number of halogens is 1. The van der Waals surface area contributed by atoms with Gasteiger partial charge in [0.15, 0.2) is 5.76 Å². The minimum Gasteiger partial charge on any atom is -0.459 e. The summed E-state index contributed by atoms with van der Waals surface area (Å²) in [6.07, 6.45) is 1.40. The van der Waals surface area contributed by atoms with E-state index in [1.54, 1.807) is 24.3 Å². The number of hydrogen-bond donors (Lipinski definition) is 3. The molecule has 0 saturated carbocycles. The van der Waals surface area contributed by atoms with Crippen molar-refractivity contribution in [1.29, 1.82) is 0 Å². The number of carbonyl (C=O) groups is 2. The van der Waals surface area contributed by atoms with Crippen molar-refractivity contribution in [2.45, 2.75) is 19.1 Å². The van der Waals surface area contributed by atoms with E-state index < -0.39 is 0 Å². The summed E-state index contributed by atoms with van der Waals surface area (Å²) in [5.41, 5.74) is 7.05. The topological polar surface area (TPSA) is 107 Å². The Morgan fingerprint density at radius 3 is 2.52 bits per heavy atom. The van der Waals surface area contributed by atoms with Gasteiger partial charge in [-0.25, -0.2) is 0 Å². The molecule has 1 heterocycles. The van der Waals surface area contributed by atoms with Crippen molar-refractivity contribution in [3.8, 4) is 0 Å². The molecule has 7 nitrogen and oxygen atoms in total. The summed E-state index contributed by atoms with van der Waals surface area (Å²) in [6.45, 7) is 0.695. The molecule has 136 valence electrons. The number of carbonyl (C=O) groups excluding carboxylic acids is 2. The van der Waals surface area contributed by atoms with E-state index >= 15 is 0 Å². The van der Waals surface area contributed by atoms with Crippen LogP contribution in [0.4, 0.5) is 5.69 Å². The Morgan fingerprint density at radius 2 is 1.96 bits per heavy atom. The molecule has 25 heavy (non-hydrogen) atoms. The molecular weight excluding hydrogens is 346 g/mol. The first-order valence-corrected chi connectivity index (χ1v) is 7.55. The van der Waals surface area contributed by atoms with Gasteiger partial charge in [-0.3, -0.25) is 9.59 Å². The Kier molecular flexibility index (Phi) is 8.69. The number of amides is 2. The molecule has 2 amide bonds. The van der Waals surface area contributed by atoms with E-state index in [1.165, 1.54) is 13.4 Å². The number of methoxy groups -OCH3 is 1. The molecule has 0 aliphatic rings. The summed E-state index contributed by atoms with van der Waals surface area (Å²) in [7, 11) is 1.53. The molecule has 1 aromatic heterocycles. The van der Waals surface area contributed by atoms with Crippen LogP contribution in [0.3, 0.4) is 0 Å². The molecule has 8 heteroatoms. The van der Waals surface area contributed by atoms with Crippen LogP contribution in [0.15, 0.2) is 47.1 Å². The fourth-order valence-electron chi connectivity index (χ4n) is 2.05. The molecule has 0 spiro atoms. The maximum Gasteiger partial charge on any atom is 0.291 e. The second-order valence-electron chi connectivity index (χ2n) is 5.20. The van der Waals surface area contributed by atoms with Crippen LogP contribution in [0.25, 0.3) is 0 Å². The van der Waals surface area contributed by atoms with Gasteiger partial charge in [0.1, 0.15) is 0 Å². The number of rotatable bonds is 8. The first-order chi connectivity index (χ1) is 11.6. The Hall–Kier alpha value is -2.35. The zero-order chi connectivity index (χ0) is 17.4. The molecule has 0 fully saturated rings. The summed E-state index contributed by atoms with van der Waals surface area (Å²) in [5, 5.41) is 5.53. The third-order valence-electron chi connectivity index (χ3n) is 3.46. The zero-order valence-electron chi connectivity index (χ0n) is 13.9. The highest BCUT2D eigenvalue weighted by Crippen LogP contribution is 2.12. The van der Waals surface area contributed by atoms with Crippen LogP contribution in [0.2, 0.25) is 0 Å². The van der Waals surface area contributed by atoms with Crippen molar-refractivity contribution < 1.29 is 18.7 Å². The molecule has 1 aromatic carbocycles. The van der Waals surface area contributed by atoms with Gasteiger partial charge in [-0.2, -0.15) is 0 Å². The lowest BCUT2D eigenvalue weighted by Crippen LogP contribution is -2.31. The third-order valence-corrected chi connectivity index (χ3v) is 3.46. The Bertz CT molecular complexity index is 655. The van der Waals surface area contributed by atoms with Crippen molar-refractivity contribution in [2.24, 2.45) is 5.73 Å². The maximum absolute atomic E-state index is 11.9. The lowest BCUT2D eigenvalue weighted by Gasteiger charge is -2.12. The average Bonchev–Trinajstić information content (AvgIpc) is 3.14. The highest BCUT2D eigenvalue weighted by atomic mass is 35.5. The number of anilines is 1. The lowest BCUT2D eigenvalue weighted by molar-refractivity contribution is -0.123. The lowest BCUT2D eigenvalue weighted by atomic mass is 10.2. The summed E-state index contributed by atoms with van der Waals surface area (Å²) in [5.74, 6) is -0.185. The van der Waals surface area contributed by atoms with Crippen LogP contribution in [-0.2, 0) is 16.1 Å². The molecule has 1 unspecified atom stereocenters. The predicted octanol–water partition coefficient (Wildman–Crippen LogP) is 1.93. The SMILES string of the molecule is COC(CN)CC(=O)NCc1ccc(NC(=O)c2ccco2)cc1.Cl. The molecule has 2 aromatic rings. The predicted molar refractivity (Wildman–Crippen MR) is 96.7 cm³/mol. The molecule has 0 aliphatic heterocycles. The van der Waals surface area contributed by atoms with Crippen LogP contribution in [0.1, 0.15) is 22.5 Å². The average molecular weight is 368 g/mol. The number of nitrogens with two attached hydrogens (primary N) is 1. The Morgan fingerprint density at radius 1 is 1.24 bits per heavy atom. The van der Waals surface area contributed by atoms with Gasteiger partial charge in [-0.1, -0.05) is 12.1 Å². The highest BCUT2D eigenvalue weighted by Gasteiger charge is 2.11. The molecule has 0 bridgehead atoms. The van der Waals surface area contributed by atoms with E-state index in [-0.39, 0.29) is 42.5 Å². The van der Waals surface area contributed by atoms with Crippen LogP contribution < -0.4 is 16.4 Å². The van der Waals surface area contributed by atoms with Gasteiger partial charge in [-0.05, 0) is 29.8 Å². The van der Waals surface area contributed by atoms with Crippen molar-refractivity contribution >= 4 is 29.9 Å². The van der Waals surface area contributed by atoms with Crippen LogP contribution in [0.5, 0.6) is 0 Å². The first kappa shape index (κ1) is 20.7. The molecular formula is C17H22ClN3O4. The molecule has 0 radical (unpaired) electrons. The Labute approximate surface area is 152 Å². The van der Waals surface area contributed by atoms with Crippen molar-refractivity contribution in [3.05, 3.63) is 54.0 Å². The van der Waals surface area contributed by atoms with Crippen LogP contribution in [-0.4, -0.2) is 31.6 Å². The highest BCUT2D eigenvalue weighted by molar-refractivity contribution is 6.02. The van der Waals surface area contributed by atoms with Crippen molar-refractivity contribution in [1.82, 2.24) is 5.32 Å². The fourth-order valence-corrected chi connectivity index (χ4v) is 2.05. The molecule has 1 atom stereocenters. The van der Waals surface area contributed by atoms with Gasteiger partial charge in [0, 0.05) is 25.9 Å². The van der Waals surface area contributed by atoms with E-state index in [0.29, 0.717) is 18.8 Å². The second-order valence-corrected chi connectivity index (χ2v) is 5.20. The monoisotopic (exact) mass is 367 g/mol. The van der Waals surface area contributed by atoms with Crippen molar-refractivity contribution in [3.63, 3.8) is 0 Å². The van der Waals surface area contributed by atoms with Crippen LogP contribution >= 0.6 is 12.4 Å². The summed E-state index contributed by atoms with van der Waals surface area (Å²) >= 11 is 0. The van der Waals surface area contributed by atoms with Gasteiger partial charge in [-0.15, -0.1) is 12.4 Å². The number of benzene rings is 1. The first-order valence-electron chi connectivity index (χ1n) is 7.55. The largest absolute Gasteiger partial charge is 0.459 e. The smallest absolute Gasteiger partial charge is 0.291 e. The standard InChI is InChI=1S/C17H21N3O4.ClH/c1-23-14(10-18)9-16(21)19-11-12-4-6-13(7-5-12)20-17(22)15-3-2-8-24-15;/h2-8,14H,9-11,18H2,1H3,(H,19,21)(H,20,22);1H. The van der Waals surface area contributed by atoms with Gasteiger partial charge in [0.2, 0.25) is 5.91 Å².